The first-order valence-electron chi connectivity index (χ1n) is 9.32. The van der Waals surface area contributed by atoms with E-state index in [1.165, 1.54) is 0 Å². The van der Waals surface area contributed by atoms with Crippen LogP contribution >= 0.6 is 0 Å². The third-order valence-electron chi connectivity index (χ3n) is 5.38. The Labute approximate surface area is 160 Å². The van der Waals surface area contributed by atoms with Gasteiger partial charge in [-0.3, -0.25) is 9.59 Å². The van der Waals surface area contributed by atoms with E-state index in [1.807, 2.05) is 61.2 Å². The molecule has 1 heterocycles. The molecule has 0 fully saturated rings. The van der Waals surface area contributed by atoms with Gasteiger partial charge in [0.2, 0.25) is 5.91 Å². The molecular weight excluding hydrogens is 340 g/mol. The quantitative estimate of drug-likeness (QED) is 0.814. The molecule has 1 aliphatic rings. The predicted octanol–water partition coefficient (Wildman–Crippen LogP) is 3.47. The lowest BCUT2D eigenvalue weighted by Crippen LogP contribution is -2.46. The normalized spacial score (nSPS) is 18.8. The molecule has 27 heavy (non-hydrogen) atoms. The van der Waals surface area contributed by atoms with Crippen molar-refractivity contribution in [3.8, 4) is 5.75 Å². The summed E-state index contributed by atoms with van der Waals surface area (Å²) in [5.74, 6) is 0.301. The minimum absolute atomic E-state index is 0.0487. The van der Waals surface area contributed by atoms with Crippen molar-refractivity contribution in [2.45, 2.75) is 25.8 Å². The molecule has 2 aromatic rings. The highest BCUT2D eigenvalue weighted by Crippen LogP contribution is 2.43. The van der Waals surface area contributed by atoms with E-state index in [-0.39, 0.29) is 17.9 Å². The van der Waals surface area contributed by atoms with E-state index in [2.05, 4.69) is 0 Å². The van der Waals surface area contributed by atoms with Gasteiger partial charge in [0.25, 0.3) is 5.91 Å². The number of carbonyl (C=O) groups is 2. The van der Waals surface area contributed by atoms with Crippen LogP contribution in [0.1, 0.15) is 47.3 Å². The first-order valence-corrected chi connectivity index (χ1v) is 9.32. The third-order valence-corrected chi connectivity index (χ3v) is 5.38. The van der Waals surface area contributed by atoms with Gasteiger partial charge in [-0.2, -0.15) is 0 Å². The average molecular weight is 366 g/mol. The van der Waals surface area contributed by atoms with Crippen LogP contribution in [-0.4, -0.2) is 48.9 Å². The van der Waals surface area contributed by atoms with E-state index < -0.39 is 5.92 Å². The smallest absolute Gasteiger partial charge is 0.254 e. The second-order valence-electron chi connectivity index (χ2n) is 6.71. The van der Waals surface area contributed by atoms with E-state index in [9.17, 15) is 9.59 Å². The van der Waals surface area contributed by atoms with Gasteiger partial charge in [-0.25, -0.2) is 0 Å². The summed E-state index contributed by atoms with van der Waals surface area (Å²) in [4.78, 5) is 29.9. The monoisotopic (exact) mass is 366 g/mol. The maximum atomic E-state index is 13.4. The molecule has 0 N–H and O–H groups in total. The Hall–Kier alpha value is -2.82. The lowest BCUT2D eigenvalue weighted by atomic mass is 9.79. The highest BCUT2D eigenvalue weighted by molar-refractivity contribution is 6.01. The Balaban J connectivity index is 2.15. The Morgan fingerprint density at radius 1 is 1.07 bits per heavy atom. The summed E-state index contributed by atoms with van der Waals surface area (Å²) in [6, 6.07) is 14.7. The lowest BCUT2D eigenvalue weighted by Gasteiger charge is -2.41. The summed E-state index contributed by atoms with van der Waals surface area (Å²) in [5, 5.41) is 0. The van der Waals surface area contributed by atoms with Crippen molar-refractivity contribution in [3.63, 3.8) is 0 Å². The molecule has 5 heteroatoms. The maximum absolute atomic E-state index is 13.4. The van der Waals surface area contributed by atoms with Gasteiger partial charge >= 0.3 is 0 Å². The van der Waals surface area contributed by atoms with Crippen molar-refractivity contribution in [2.75, 3.05) is 27.2 Å². The van der Waals surface area contributed by atoms with E-state index in [0.717, 1.165) is 16.9 Å². The zero-order chi connectivity index (χ0) is 19.6. The predicted molar refractivity (Wildman–Crippen MR) is 105 cm³/mol. The van der Waals surface area contributed by atoms with Crippen LogP contribution in [-0.2, 0) is 4.79 Å². The van der Waals surface area contributed by atoms with Crippen LogP contribution in [0.15, 0.2) is 48.5 Å². The van der Waals surface area contributed by atoms with E-state index in [4.69, 9.17) is 4.74 Å². The van der Waals surface area contributed by atoms with Crippen LogP contribution in [0, 0.1) is 0 Å². The van der Waals surface area contributed by atoms with Crippen LogP contribution in [0.3, 0.4) is 0 Å². The minimum atomic E-state index is -0.433. The summed E-state index contributed by atoms with van der Waals surface area (Å²) in [7, 11) is 3.39. The van der Waals surface area contributed by atoms with Gasteiger partial charge in [-0.1, -0.05) is 30.3 Å². The molecule has 0 saturated carbocycles. The van der Waals surface area contributed by atoms with Gasteiger partial charge in [0.1, 0.15) is 5.75 Å². The van der Waals surface area contributed by atoms with Crippen molar-refractivity contribution in [2.24, 2.45) is 0 Å². The third kappa shape index (κ3) is 3.29. The summed E-state index contributed by atoms with van der Waals surface area (Å²) in [6.07, 6.45) is 0. The van der Waals surface area contributed by atoms with Crippen LogP contribution < -0.4 is 4.74 Å². The van der Waals surface area contributed by atoms with Gasteiger partial charge in [0.05, 0.1) is 19.1 Å². The number of methoxy groups -OCH3 is 1. The summed E-state index contributed by atoms with van der Waals surface area (Å²) >= 11 is 0. The van der Waals surface area contributed by atoms with Crippen molar-refractivity contribution in [3.05, 3.63) is 65.2 Å². The van der Waals surface area contributed by atoms with Gasteiger partial charge < -0.3 is 14.5 Å². The van der Waals surface area contributed by atoms with Crippen molar-refractivity contribution in [1.82, 2.24) is 9.80 Å². The van der Waals surface area contributed by atoms with Crippen LogP contribution in [0.4, 0.5) is 0 Å². The van der Waals surface area contributed by atoms with Gasteiger partial charge in [0, 0.05) is 25.7 Å². The number of amides is 2. The molecule has 0 aliphatic carbocycles. The molecule has 0 aromatic heterocycles. The maximum Gasteiger partial charge on any atom is 0.254 e. The molecule has 2 amide bonds. The van der Waals surface area contributed by atoms with E-state index in [0.29, 0.717) is 18.7 Å². The molecule has 1 aliphatic heterocycles. The lowest BCUT2D eigenvalue weighted by molar-refractivity contribution is -0.134. The largest absolute Gasteiger partial charge is 0.497 e. The summed E-state index contributed by atoms with van der Waals surface area (Å²) in [6.45, 7) is 5.24. The molecule has 2 aromatic carbocycles. The molecule has 0 saturated heterocycles. The number of fused-ring (bicyclic) bond motifs is 1. The number of hydrogen-bond donors (Lipinski definition) is 0. The number of carbonyl (C=O) groups excluding carboxylic acids is 2. The number of hydrogen-bond acceptors (Lipinski definition) is 3. The zero-order valence-electron chi connectivity index (χ0n) is 16.3. The minimum Gasteiger partial charge on any atom is -0.497 e. The van der Waals surface area contributed by atoms with Gasteiger partial charge in [-0.15, -0.1) is 0 Å². The molecule has 2 unspecified atom stereocenters. The van der Waals surface area contributed by atoms with Crippen LogP contribution in [0.5, 0.6) is 5.75 Å². The van der Waals surface area contributed by atoms with Crippen molar-refractivity contribution in [1.29, 1.82) is 0 Å². The number of nitrogens with zero attached hydrogens (tertiary/aromatic N) is 2. The molecular formula is C22H26N2O3. The summed E-state index contributed by atoms with van der Waals surface area (Å²) < 4.78 is 5.25. The van der Waals surface area contributed by atoms with Crippen LogP contribution in [0.25, 0.3) is 0 Å². The number of benzene rings is 2. The van der Waals surface area contributed by atoms with Crippen molar-refractivity contribution < 1.29 is 14.3 Å². The highest BCUT2D eigenvalue weighted by Gasteiger charge is 2.43. The van der Waals surface area contributed by atoms with Crippen LogP contribution in [0.2, 0.25) is 0 Å². The molecule has 0 spiro atoms. The molecule has 3 rings (SSSR count). The van der Waals surface area contributed by atoms with E-state index >= 15 is 0 Å². The molecule has 142 valence electrons. The Morgan fingerprint density at radius 2 is 1.70 bits per heavy atom. The Bertz CT molecular complexity index is 828. The van der Waals surface area contributed by atoms with Gasteiger partial charge in [0.15, 0.2) is 0 Å². The highest BCUT2D eigenvalue weighted by atomic mass is 16.5. The first kappa shape index (κ1) is 19.0. The van der Waals surface area contributed by atoms with E-state index in [1.54, 1.807) is 25.1 Å². The fraction of sp³-hybridized carbons (Fsp3) is 0.364. The van der Waals surface area contributed by atoms with Crippen molar-refractivity contribution >= 4 is 11.8 Å². The number of rotatable bonds is 5. The SMILES string of the molecule is CCN(CC)C(=O)C1c2ccccc2C(=O)N(C)C1c1ccc(OC)cc1. The molecule has 0 radical (unpaired) electrons. The second-order valence-corrected chi connectivity index (χ2v) is 6.71. The second kappa shape index (κ2) is 7.82. The molecule has 0 bridgehead atoms. The molecule has 5 nitrogen and oxygen atoms in total. The zero-order valence-corrected chi connectivity index (χ0v) is 16.3. The number of ether oxygens (including phenoxy) is 1. The first-order chi connectivity index (χ1) is 13.0. The Kier molecular flexibility index (Phi) is 5.49. The average Bonchev–Trinajstić information content (AvgIpc) is 2.71. The molecule has 2 atom stereocenters. The standard InChI is InChI=1S/C22H26N2O3/c1-5-24(6-2)22(26)19-17-9-7-8-10-18(17)21(25)23(3)20(19)15-11-13-16(27-4)14-12-15/h7-14,19-20H,5-6H2,1-4H3. The number of likely N-dealkylation sites (N-methyl/N-ethyl adjacent to an activating group) is 2. The fourth-order valence-electron chi connectivity index (χ4n) is 3.89. The van der Waals surface area contributed by atoms with Gasteiger partial charge in [-0.05, 0) is 43.2 Å². The Morgan fingerprint density at radius 3 is 2.30 bits per heavy atom. The topological polar surface area (TPSA) is 49.9 Å². The fourth-order valence-corrected chi connectivity index (χ4v) is 3.89. The summed E-state index contributed by atoms with van der Waals surface area (Å²) in [5.41, 5.74) is 2.33.